The predicted molar refractivity (Wildman–Crippen MR) is 75.5 cm³/mol. The van der Waals surface area contributed by atoms with Crippen LogP contribution in [0.5, 0.6) is 11.5 Å². The third-order valence-corrected chi connectivity index (χ3v) is 2.86. The first-order valence-corrected chi connectivity index (χ1v) is 6.17. The first kappa shape index (κ1) is 14.5. The number of phenolic OH excluding ortho intramolecular Hbond substituents is 1. The van der Waals surface area contributed by atoms with Crippen LogP contribution >= 0.6 is 0 Å². The minimum Gasteiger partial charge on any atom is -0.508 e. The minimum atomic E-state index is -0.564. The van der Waals surface area contributed by atoms with E-state index in [-0.39, 0.29) is 35.1 Å². The molecule has 0 aromatic heterocycles. The molecule has 0 bridgehead atoms. The maximum atomic E-state index is 11.6. The van der Waals surface area contributed by atoms with Crippen molar-refractivity contribution in [2.24, 2.45) is 0 Å². The van der Waals surface area contributed by atoms with Gasteiger partial charge in [0, 0.05) is 12.1 Å². The summed E-state index contributed by atoms with van der Waals surface area (Å²) in [5.74, 6) is 0.0765. The highest BCUT2D eigenvalue weighted by Crippen LogP contribution is 2.25. The number of carbonyl (C=O) groups excluding carboxylic acids is 1. The number of nitro groups is 1. The fourth-order valence-corrected chi connectivity index (χ4v) is 1.84. The molecule has 0 saturated heterocycles. The molecule has 0 aliphatic heterocycles. The molecule has 0 fully saturated rings. The number of aromatic hydroxyl groups is 1. The molecular weight excluding hydrogens is 274 g/mol. The molecule has 6 heteroatoms. The van der Waals surface area contributed by atoms with Crippen molar-refractivity contribution in [2.75, 3.05) is 0 Å². The average molecular weight is 287 g/mol. The SMILES string of the molecule is CC(=O)c1cc([N+](=O)[O-])ccc1OCc1cccc(O)c1. The van der Waals surface area contributed by atoms with Crippen molar-refractivity contribution in [1.29, 1.82) is 0 Å². The van der Waals surface area contributed by atoms with E-state index in [0.717, 1.165) is 5.56 Å². The van der Waals surface area contributed by atoms with Crippen LogP contribution < -0.4 is 4.74 Å². The molecule has 0 atom stereocenters. The lowest BCUT2D eigenvalue weighted by molar-refractivity contribution is -0.384. The van der Waals surface area contributed by atoms with Crippen molar-refractivity contribution < 1.29 is 19.6 Å². The Kier molecular flexibility index (Phi) is 4.18. The predicted octanol–water partition coefficient (Wildman–Crippen LogP) is 3.08. The fourth-order valence-electron chi connectivity index (χ4n) is 1.84. The molecule has 6 nitrogen and oxygen atoms in total. The topological polar surface area (TPSA) is 89.7 Å². The summed E-state index contributed by atoms with van der Waals surface area (Å²) in [6.07, 6.45) is 0. The molecule has 2 aromatic rings. The number of phenols is 1. The van der Waals surface area contributed by atoms with Crippen LogP contribution in [0.15, 0.2) is 42.5 Å². The lowest BCUT2D eigenvalue weighted by atomic mass is 10.1. The second-order valence-electron chi connectivity index (χ2n) is 4.45. The van der Waals surface area contributed by atoms with Crippen molar-refractivity contribution in [3.05, 3.63) is 63.7 Å². The molecule has 0 radical (unpaired) electrons. The second-order valence-corrected chi connectivity index (χ2v) is 4.45. The summed E-state index contributed by atoms with van der Waals surface area (Å²) in [7, 11) is 0. The maximum absolute atomic E-state index is 11.6. The lowest BCUT2D eigenvalue weighted by Crippen LogP contribution is -2.02. The lowest BCUT2D eigenvalue weighted by Gasteiger charge is -2.10. The summed E-state index contributed by atoms with van der Waals surface area (Å²) in [6, 6.07) is 10.4. The standard InChI is InChI=1S/C15H13NO5/c1-10(17)14-8-12(16(19)20)5-6-15(14)21-9-11-3-2-4-13(18)7-11/h2-8,18H,9H2,1H3. The van der Waals surface area contributed by atoms with Crippen LogP contribution in [-0.2, 0) is 6.61 Å². The zero-order chi connectivity index (χ0) is 15.4. The molecule has 108 valence electrons. The van der Waals surface area contributed by atoms with Gasteiger partial charge < -0.3 is 9.84 Å². The van der Waals surface area contributed by atoms with Gasteiger partial charge in [0.15, 0.2) is 5.78 Å². The number of Topliss-reactive ketones (excluding diaryl/α,β-unsaturated/α-hetero) is 1. The Balaban J connectivity index is 2.23. The number of nitrogens with zero attached hydrogens (tertiary/aromatic N) is 1. The van der Waals surface area contributed by atoms with Crippen LogP contribution in [0.1, 0.15) is 22.8 Å². The van der Waals surface area contributed by atoms with Crippen LogP contribution in [0, 0.1) is 10.1 Å². The van der Waals surface area contributed by atoms with Crippen LogP contribution in [0.2, 0.25) is 0 Å². The summed E-state index contributed by atoms with van der Waals surface area (Å²) < 4.78 is 5.52. The van der Waals surface area contributed by atoms with Gasteiger partial charge in [0.1, 0.15) is 18.1 Å². The molecule has 0 unspecified atom stereocenters. The number of carbonyl (C=O) groups is 1. The molecule has 21 heavy (non-hydrogen) atoms. The highest BCUT2D eigenvalue weighted by molar-refractivity contribution is 5.97. The smallest absolute Gasteiger partial charge is 0.270 e. The van der Waals surface area contributed by atoms with Gasteiger partial charge in [-0.15, -0.1) is 0 Å². The Hall–Kier alpha value is -2.89. The highest BCUT2D eigenvalue weighted by Gasteiger charge is 2.15. The normalized spacial score (nSPS) is 10.1. The van der Waals surface area contributed by atoms with Gasteiger partial charge in [0.05, 0.1) is 10.5 Å². The number of nitro benzene ring substituents is 1. The van der Waals surface area contributed by atoms with Gasteiger partial charge in [-0.25, -0.2) is 0 Å². The summed E-state index contributed by atoms with van der Waals surface area (Å²) in [5.41, 5.74) is 0.720. The van der Waals surface area contributed by atoms with Crippen LogP contribution in [-0.4, -0.2) is 15.8 Å². The quantitative estimate of drug-likeness (QED) is 0.518. The molecule has 0 saturated carbocycles. The van der Waals surface area contributed by atoms with E-state index in [1.807, 2.05) is 0 Å². The van der Waals surface area contributed by atoms with Crippen molar-refractivity contribution in [3.8, 4) is 11.5 Å². The molecule has 2 aromatic carbocycles. The highest BCUT2D eigenvalue weighted by atomic mass is 16.6. The van der Waals surface area contributed by atoms with Gasteiger partial charge in [0.2, 0.25) is 0 Å². The molecule has 0 aliphatic carbocycles. The third kappa shape index (κ3) is 3.56. The summed E-state index contributed by atoms with van der Waals surface area (Å²) in [4.78, 5) is 21.7. The number of hydrogen-bond acceptors (Lipinski definition) is 5. The minimum absolute atomic E-state index is 0.117. The average Bonchev–Trinajstić information content (AvgIpc) is 2.44. The van der Waals surface area contributed by atoms with Gasteiger partial charge >= 0.3 is 0 Å². The van der Waals surface area contributed by atoms with E-state index in [1.165, 1.54) is 31.2 Å². The molecular formula is C15H13NO5. The zero-order valence-electron chi connectivity index (χ0n) is 11.3. The van der Waals surface area contributed by atoms with E-state index in [2.05, 4.69) is 0 Å². The van der Waals surface area contributed by atoms with Crippen molar-refractivity contribution in [1.82, 2.24) is 0 Å². The Morgan fingerprint density at radius 3 is 2.67 bits per heavy atom. The van der Waals surface area contributed by atoms with E-state index in [4.69, 9.17) is 4.74 Å². The Morgan fingerprint density at radius 2 is 2.05 bits per heavy atom. The maximum Gasteiger partial charge on any atom is 0.270 e. The zero-order valence-corrected chi connectivity index (χ0v) is 11.3. The first-order valence-electron chi connectivity index (χ1n) is 6.17. The fraction of sp³-hybridized carbons (Fsp3) is 0.133. The van der Waals surface area contributed by atoms with Crippen molar-refractivity contribution in [3.63, 3.8) is 0 Å². The van der Waals surface area contributed by atoms with E-state index in [0.29, 0.717) is 0 Å². The molecule has 0 spiro atoms. The largest absolute Gasteiger partial charge is 0.508 e. The number of non-ortho nitro benzene ring substituents is 1. The van der Waals surface area contributed by atoms with E-state index in [1.54, 1.807) is 18.2 Å². The Bertz CT molecular complexity index is 696. The number of rotatable bonds is 5. The second kappa shape index (κ2) is 6.04. The summed E-state index contributed by atoms with van der Waals surface area (Å²) in [6.45, 7) is 1.47. The third-order valence-electron chi connectivity index (χ3n) is 2.86. The summed E-state index contributed by atoms with van der Waals surface area (Å²) in [5, 5.41) is 20.1. The van der Waals surface area contributed by atoms with Crippen LogP contribution in [0.3, 0.4) is 0 Å². The van der Waals surface area contributed by atoms with Crippen LogP contribution in [0.25, 0.3) is 0 Å². The van der Waals surface area contributed by atoms with Crippen molar-refractivity contribution in [2.45, 2.75) is 13.5 Å². The van der Waals surface area contributed by atoms with Gasteiger partial charge in [-0.05, 0) is 30.7 Å². The Labute approximate surface area is 120 Å². The number of benzene rings is 2. The van der Waals surface area contributed by atoms with Gasteiger partial charge in [0.25, 0.3) is 5.69 Å². The molecule has 0 amide bonds. The summed E-state index contributed by atoms with van der Waals surface area (Å²) >= 11 is 0. The molecule has 0 aliphatic rings. The van der Waals surface area contributed by atoms with Crippen molar-refractivity contribution >= 4 is 11.5 Å². The number of hydrogen-bond donors (Lipinski definition) is 1. The van der Waals surface area contributed by atoms with Gasteiger partial charge in [-0.3, -0.25) is 14.9 Å². The molecule has 2 rings (SSSR count). The first-order chi connectivity index (χ1) is 9.97. The van der Waals surface area contributed by atoms with Gasteiger partial charge in [-0.2, -0.15) is 0 Å². The van der Waals surface area contributed by atoms with E-state index < -0.39 is 4.92 Å². The molecule has 0 heterocycles. The van der Waals surface area contributed by atoms with Crippen LogP contribution in [0.4, 0.5) is 5.69 Å². The monoisotopic (exact) mass is 287 g/mol. The number of ketones is 1. The van der Waals surface area contributed by atoms with E-state index in [9.17, 15) is 20.0 Å². The Morgan fingerprint density at radius 1 is 1.29 bits per heavy atom. The number of ether oxygens (including phenoxy) is 1. The van der Waals surface area contributed by atoms with Gasteiger partial charge in [-0.1, -0.05) is 12.1 Å². The molecule has 1 N–H and O–H groups in total. The van der Waals surface area contributed by atoms with E-state index >= 15 is 0 Å².